The highest BCUT2D eigenvalue weighted by Crippen LogP contribution is 2.21. The lowest BCUT2D eigenvalue weighted by atomic mass is 10.0. The number of rotatable bonds is 16. The molecule has 0 unspecified atom stereocenters. The first-order valence-electron chi connectivity index (χ1n) is 13.4. The topological polar surface area (TPSA) is 80.9 Å². The molecule has 4 rings (SSSR count). The Labute approximate surface area is 236 Å². The fraction of sp³-hybridized carbons (Fsp3) is 0.265. The fourth-order valence-electron chi connectivity index (χ4n) is 4.25. The van der Waals surface area contributed by atoms with Crippen molar-refractivity contribution in [3.63, 3.8) is 0 Å². The van der Waals surface area contributed by atoms with Gasteiger partial charge in [-0.05, 0) is 22.3 Å². The molecular formula is C34H35NO5. The average Bonchev–Trinajstić information content (AvgIpc) is 3.01. The predicted molar refractivity (Wildman–Crippen MR) is 153 cm³/mol. The van der Waals surface area contributed by atoms with Gasteiger partial charge in [-0.15, -0.1) is 0 Å². The van der Waals surface area contributed by atoms with E-state index < -0.39 is 24.4 Å². The molecule has 0 bridgehead atoms. The lowest BCUT2D eigenvalue weighted by Crippen LogP contribution is -2.49. The molecule has 0 spiro atoms. The molecule has 0 fully saturated rings. The van der Waals surface area contributed by atoms with Gasteiger partial charge in [-0.3, -0.25) is 0 Å². The van der Waals surface area contributed by atoms with E-state index in [1.54, 1.807) is 0 Å². The molecule has 6 heteroatoms. The minimum absolute atomic E-state index is 0.00359. The summed E-state index contributed by atoms with van der Waals surface area (Å²) in [6, 6.07) is 41.0. The number of aliphatic hydroxyl groups is 1. The summed E-state index contributed by atoms with van der Waals surface area (Å²) in [5, 5.41) is 21.6. The lowest BCUT2D eigenvalue weighted by Gasteiger charge is -2.33. The number of hydrogen-bond donors (Lipinski definition) is 1. The maximum atomic E-state index is 11.4. The Morgan fingerprint density at radius 2 is 0.900 bits per heavy atom. The van der Waals surface area contributed by atoms with Crippen molar-refractivity contribution in [2.45, 2.75) is 50.8 Å². The van der Waals surface area contributed by atoms with Gasteiger partial charge in [-0.2, -0.15) is 5.26 Å². The highest BCUT2D eigenvalue weighted by molar-refractivity contribution is 5.16. The van der Waals surface area contributed by atoms with E-state index in [2.05, 4.69) is 6.07 Å². The molecular weight excluding hydrogens is 502 g/mol. The SMILES string of the molecule is N#C[C@H](OCc1ccccc1)[C@@H](OCc1ccccc1)[C@H](OCc1ccccc1)[C@@H](O)COCc1ccccc1. The Morgan fingerprint density at radius 1 is 0.525 bits per heavy atom. The summed E-state index contributed by atoms with van der Waals surface area (Å²) in [5.74, 6) is 0. The van der Waals surface area contributed by atoms with Gasteiger partial charge < -0.3 is 24.1 Å². The van der Waals surface area contributed by atoms with Gasteiger partial charge >= 0.3 is 0 Å². The van der Waals surface area contributed by atoms with E-state index in [9.17, 15) is 10.4 Å². The molecule has 0 aromatic heterocycles. The Kier molecular flexibility index (Phi) is 11.9. The first kappa shape index (κ1) is 29.2. The minimum Gasteiger partial charge on any atom is -0.388 e. The van der Waals surface area contributed by atoms with Crippen molar-refractivity contribution in [2.75, 3.05) is 6.61 Å². The zero-order valence-corrected chi connectivity index (χ0v) is 22.4. The lowest BCUT2D eigenvalue weighted by molar-refractivity contribution is -0.177. The molecule has 0 radical (unpaired) electrons. The Hall–Kier alpha value is -3.83. The van der Waals surface area contributed by atoms with Crippen molar-refractivity contribution < 1.29 is 24.1 Å². The Balaban J connectivity index is 1.53. The van der Waals surface area contributed by atoms with Crippen LogP contribution in [0.15, 0.2) is 121 Å². The van der Waals surface area contributed by atoms with E-state index in [0.29, 0.717) is 6.61 Å². The fourth-order valence-corrected chi connectivity index (χ4v) is 4.25. The van der Waals surface area contributed by atoms with Gasteiger partial charge in [0.2, 0.25) is 0 Å². The largest absolute Gasteiger partial charge is 0.388 e. The third-order valence-electron chi connectivity index (χ3n) is 6.37. The van der Waals surface area contributed by atoms with Crippen molar-refractivity contribution in [3.05, 3.63) is 144 Å². The van der Waals surface area contributed by atoms with Crippen LogP contribution >= 0.6 is 0 Å². The molecule has 40 heavy (non-hydrogen) atoms. The van der Waals surface area contributed by atoms with Crippen molar-refractivity contribution >= 4 is 0 Å². The molecule has 0 amide bonds. The quantitative estimate of drug-likeness (QED) is 0.193. The summed E-state index contributed by atoms with van der Waals surface area (Å²) in [6.07, 6.45) is -3.88. The summed E-state index contributed by atoms with van der Waals surface area (Å²) in [4.78, 5) is 0. The maximum absolute atomic E-state index is 11.4. The van der Waals surface area contributed by atoms with E-state index in [0.717, 1.165) is 22.3 Å². The van der Waals surface area contributed by atoms with Crippen molar-refractivity contribution in [1.82, 2.24) is 0 Å². The molecule has 4 aromatic carbocycles. The number of benzene rings is 4. The number of ether oxygens (including phenoxy) is 4. The Bertz CT molecular complexity index is 1270. The van der Waals surface area contributed by atoms with E-state index in [4.69, 9.17) is 18.9 Å². The number of aliphatic hydroxyl groups excluding tert-OH is 1. The molecule has 0 aliphatic carbocycles. The third kappa shape index (κ3) is 9.42. The van der Waals surface area contributed by atoms with Gasteiger partial charge in [0.05, 0.1) is 39.1 Å². The van der Waals surface area contributed by atoms with Crippen molar-refractivity contribution in [1.29, 1.82) is 5.26 Å². The highest BCUT2D eigenvalue weighted by Gasteiger charge is 2.37. The van der Waals surface area contributed by atoms with E-state index in [1.807, 2.05) is 121 Å². The molecule has 1 N–H and O–H groups in total. The monoisotopic (exact) mass is 537 g/mol. The van der Waals surface area contributed by atoms with Gasteiger partial charge in [-0.1, -0.05) is 121 Å². The molecule has 4 aromatic rings. The second kappa shape index (κ2) is 16.3. The van der Waals surface area contributed by atoms with Gasteiger partial charge in [0.15, 0.2) is 6.10 Å². The number of nitrogens with zero attached hydrogens (tertiary/aromatic N) is 1. The molecule has 0 aliphatic heterocycles. The molecule has 0 saturated heterocycles. The van der Waals surface area contributed by atoms with Crippen LogP contribution in [0.1, 0.15) is 22.3 Å². The third-order valence-corrected chi connectivity index (χ3v) is 6.37. The Morgan fingerprint density at radius 3 is 1.32 bits per heavy atom. The standard InChI is InChI=1S/C34H35NO5/c35-21-32(38-23-28-15-7-2-8-16-28)34(40-25-30-19-11-4-12-20-30)33(39-24-29-17-9-3-10-18-29)31(36)26-37-22-27-13-5-1-6-14-27/h1-20,31-34,36H,22-26H2/t31-,32-,33+,34+/m0/s1. The van der Waals surface area contributed by atoms with Crippen molar-refractivity contribution in [2.24, 2.45) is 0 Å². The molecule has 4 atom stereocenters. The van der Waals surface area contributed by atoms with Crippen LogP contribution in [0.5, 0.6) is 0 Å². The van der Waals surface area contributed by atoms with Crippen LogP contribution < -0.4 is 0 Å². The van der Waals surface area contributed by atoms with E-state index >= 15 is 0 Å². The smallest absolute Gasteiger partial charge is 0.173 e. The molecule has 0 heterocycles. The zero-order chi connectivity index (χ0) is 27.8. The second-order valence-corrected chi connectivity index (χ2v) is 9.44. The normalized spacial score (nSPS) is 14.1. The van der Waals surface area contributed by atoms with Crippen LogP contribution in [0, 0.1) is 11.3 Å². The van der Waals surface area contributed by atoms with Crippen LogP contribution in [0.2, 0.25) is 0 Å². The average molecular weight is 538 g/mol. The molecule has 206 valence electrons. The summed E-state index contributed by atoms with van der Waals surface area (Å²) < 4.78 is 24.5. The summed E-state index contributed by atoms with van der Waals surface area (Å²) >= 11 is 0. The van der Waals surface area contributed by atoms with Crippen LogP contribution in [0.3, 0.4) is 0 Å². The van der Waals surface area contributed by atoms with Crippen LogP contribution in [0.25, 0.3) is 0 Å². The van der Waals surface area contributed by atoms with E-state index in [1.165, 1.54) is 0 Å². The van der Waals surface area contributed by atoms with Gasteiger partial charge in [-0.25, -0.2) is 0 Å². The van der Waals surface area contributed by atoms with E-state index in [-0.39, 0.29) is 26.4 Å². The van der Waals surface area contributed by atoms with Gasteiger partial charge in [0, 0.05) is 0 Å². The number of nitriles is 1. The minimum atomic E-state index is -1.08. The molecule has 0 aliphatic rings. The zero-order valence-electron chi connectivity index (χ0n) is 22.4. The van der Waals surface area contributed by atoms with Crippen LogP contribution in [-0.4, -0.2) is 36.1 Å². The molecule has 6 nitrogen and oxygen atoms in total. The predicted octanol–water partition coefficient (Wildman–Crippen LogP) is 5.84. The second-order valence-electron chi connectivity index (χ2n) is 9.44. The summed E-state index contributed by atoms with van der Waals surface area (Å²) in [6.45, 7) is 1.00. The first-order chi connectivity index (χ1) is 19.7. The highest BCUT2D eigenvalue weighted by atomic mass is 16.6. The summed E-state index contributed by atoms with van der Waals surface area (Å²) in [5.41, 5.74) is 3.79. The first-order valence-corrected chi connectivity index (χ1v) is 13.4. The van der Waals surface area contributed by atoms with Crippen LogP contribution in [-0.2, 0) is 45.4 Å². The maximum Gasteiger partial charge on any atom is 0.173 e. The summed E-state index contributed by atoms with van der Waals surface area (Å²) in [7, 11) is 0. The number of hydrogen-bond acceptors (Lipinski definition) is 6. The van der Waals surface area contributed by atoms with Gasteiger partial charge in [0.25, 0.3) is 0 Å². The van der Waals surface area contributed by atoms with Crippen LogP contribution in [0.4, 0.5) is 0 Å². The van der Waals surface area contributed by atoms with Gasteiger partial charge in [0.1, 0.15) is 18.3 Å². The van der Waals surface area contributed by atoms with Crippen molar-refractivity contribution in [3.8, 4) is 6.07 Å². The molecule has 0 saturated carbocycles.